The molecule has 0 bridgehead atoms. The first-order valence-electron chi connectivity index (χ1n) is 7.21. The maximum Gasteiger partial charge on any atom is 0.224 e. The van der Waals surface area contributed by atoms with E-state index in [0.717, 1.165) is 25.6 Å². The molecule has 4 heteroatoms. The third-order valence-corrected chi connectivity index (χ3v) is 4.82. The highest BCUT2D eigenvalue weighted by atomic mass is 16.2. The van der Waals surface area contributed by atoms with Crippen LogP contribution in [0.25, 0.3) is 0 Å². The van der Waals surface area contributed by atoms with Crippen LogP contribution in [0.5, 0.6) is 0 Å². The molecular weight excluding hydrogens is 226 g/mol. The van der Waals surface area contributed by atoms with Gasteiger partial charge in [-0.2, -0.15) is 5.26 Å². The number of likely N-dealkylation sites (tertiary alicyclic amines) is 2. The normalized spacial score (nSPS) is 34.4. The van der Waals surface area contributed by atoms with E-state index in [1.165, 1.54) is 25.7 Å². The Morgan fingerprint density at radius 3 is 2.56 bits per heavy atom. The van der Waals surface area contributed by atoms with E-state index in [9.17, 15) is 4.79 Å². The van der Waals surface area contributed by atoms with Gasteiger partial charge in [0, 0.05) is 38.1 Å². The Balaban J connectivity index is 1.59. The quantitative estimate of drug-likeness (QED) is 0.740. The fraction of sp³-hybridized carbons (Fsp3) is 0.857. The highest BCUT2D eigenvalue weighted by Crippen LogP contribution is 2.30. The van der Waals surface area contributed by atoms with Gasteiger partial charge in [0.15, 0.2) is 0 Å². The molecule has 1 saturated carbocycles. The van der Waals surface area contributed by atoms with Gasteiger partial charge >= 0.3 is 0 Å². The summed E-state index contributed by atoms with van der Waals surface area (Å²) in [5.41, 5.74) is 0. The number of nitriles is 1. The molecule has 3 fully saturated rings. The Bertz CT molecular complexity index is 370. The van der Waals surface area contributed by atoms with Crippen molar-refractivity contribution in [2.24, 2.45) is 5.92 Å². The van der Waals surface area contributed by atoms with Gasteiger partial charge < -0.3 is 4.90 Å². The molecule has 0 aromatic heterocycles. The minimum absolute atomic E-state index is 0.0713. The minimum Gasteiger partial charge on any atom is -0.337 e. The molecule has 98 valence electrons. The van der Waals surface area contributed by atoms with Crippen molar-refractivity contribution >= 4 is 5.91 Å². The Kier molecular flexibility index (Phi) is 3.25. The molecule has 2 saturated heterocycles. The summed E-state index contributed by atoms with van der Waals surface area (Å²) >= 11 is 0. The summed E-state index contributed by atoms with van der Waals surface area (Å²) in [7, 11) is 0. The van der Waals surface area contributed by atoms with Crippen LogP contribution in [0.15, 0.2) is 0 Å². The fourth-order valence-electron chi connectivity index (χ4n) is 3.79. The molecule has 3 rings (SSSR count). The Morgan fingerprint density at radius 2 is 1.89 bits per heavy atom. The zero-order valence-corrected chi connectivity index (χ0v) is 10.8. The predicted octanol–water partition coefficient (Wildman–Crippen LogP) is 1.38. The van der Waals surface area contributed by atoms with Crippen molar-refractivity contribution in [3.63, 3.8) is 0 Å². The van der Waals surface area contributed by atoms with Crippen LogP contribution >= 0.6 is 0 Å². The van der Waals surface area contributed by atoms with Gasteiger partial charge in [0.25, 0.3) is 0 Å². The van der Waals surface area contributed by atoms with Gasteiger partial charge in [0.2, 0.25) is 5.91 Å². The SMILES string of the molecule is N#CC1CC(=O)N(C2CCN(C3CCCC3)C2)C1. The lowest BCUT2D eigenvalue weighted by Gasteiger charge is -2.27. The Labute approximate surface area is 109 Å². The van der Waals surface area contributed by atoms with E-state index in [0.29, 0.717) is 19.0 Å². The topological polar surface area (TPSA) is 47.3 Å². The maximum atomic E-state index is 11.9. The van der Waals surface area contributed by atoms with Crippen LogP contribution in [0.3, 0.4) is 0 Å². The van der Waals surface area contributed by atoms with Crippen LogP contribution in [0.4, 0.5) is 0 Å². The molecule has 2 aliphatic heterocycles. The molecule has 2 atom stereocenters. The summed E-state index contributed by atoms with van der Waals surface area (Å²) in [4.78, 5) is 16.5. The van der Waals surface area contributed by atoms with Crippen LogP contribution in [0, 0.1) is 17.2 Å². The largest absolute Gasteiger partial charge is 0.337 e. The van der Waals surface area contributed by atoms with E-state index in [1.807, 2.05) is 4.90 Å². The van der Waals surface area contributed by atoms with Crippen LogP contribution < -0.4 is 0 Å². The third kappa shape index (κ3) is 2.12. The molecule has 1 aliphatic carbocycles. The van der Waals surface area contributed by atoms with Crippen molar-refractivity contribution in [3.8, 4) is 6.07 Å². The zero-order valence-electron chi connectivity index (χ0n) is 10.8. The average molecular weight is 247 g/mol. The lowest BCUT2D eigenvalue weighted by atomic mass is 10.1. The monoisotopic (exact) mass is 247 g/mol. The molecule has 3 aliphatic rings. The van der Waals surface area contributed by atoms with Crippen LogP contribution in [-0.4, -0.2) is 47.4 Å². The molecule has 1 amide bonds. The second-order valence-electron chi connectivity index (χ2n) is 5.95. The van der Waals surface area contributed by atoms with Crippen molar-refractivity contribution in [2.75, 3.05) is 19.6 Å². The summed E-state index contributed by atoms with van der Waals surface area (Å²) in [5, 5.41) is 8.93. The molecular formula is C14H21N3O. The van der Waals surface area contributed by atoms with Gasteiger partial charge in [0.1, 0.15) is 0 Å². The average Bonchev–Trinajstić information content (AvgIpc) is 3.08. The van der Waals surface area contributed by atoms with Crippen molar-refractivity contribution in [1.29, 1.82) is 5.26 Å². The van der Waals surface area contributed by atoms with E-state index in [-0.39, 0.29) is 11.8 Å². The second-order valence-corrected chi connectivity index (χ2v) is 5.95. The zero-order chi connectivity index (χ0) is 12.5. The van der Waals surface area contributed by atoms with Gasteiger partial charge in [-0.1, -0.05) is 12.8 Å². The first-order valence-corrected chi connectivity index (χ1v) is 7.21. The molecule has 0 aromatic rings. The van der Waals surface area contributed by atoms with Gasteiger partial charge in [-0.15, -0.1) is 0 Å². The van der Waals surface area contributed by atoms with Gasteiger partial charge in [-0.3, -0.25) is 9.69 Å². The van der Waals surface area contributed by atoms with Gasteiger partial charge in [-0.25, -0.2) is 0 Å². The fourth-order valence-corrected chi connectivity index (χ4v) is 3.79. The van der Waals surface area contributed by atoms with E-state index in [2.05, 4.69) is 11.0 Å². The summed E-state index contributed by atoms with van der Waals surface area (Å²) in [5.74, 6) is 0.123. The second kappa shape index (κ2) is 4.89. The van der Waals surface area contributed by atoms with Crippen LogP contribution in [0.2, 0.25) is 0 Å². The number of amides is 1. The number of hydrogen-bond donors (Lipinski definition) is 0. The predicted molar refractivity (Wildman–Crippen MR) is 67.7 cm³/mol. The highest BCUT2D eigenvalue weighted by molar-refractivity contribution is 5.79. The molecule has 2 unspecified atom stereocenters. The van der Waals surface area contributed by atoms with Crippen molar-refractivity contribution in [3.05, 3.63) is 0 Å². The van der Waals surface area contributed by atoms with E-state index >= 15 is 0 Å². The number of carbonyl (C=O) groups is 1. The lowest BCUT2D eigenvalue weighted by molar-refractivity contribution is -0.129. The maximum absolute atomic E-state index is 11.9. The summed E-state index contributed by atoms with van der Waals surface area (Å²) in [6.45, 7) is 2.84. The molecule has 0 aromatic carbocycles. The highest BCUT2D eigenvalue weighted by Gasteiger charge is 2.39. The van der Waals surface area contributed by atoms with Crippen molar-refractivity contribution < 1.29 is 4.79 Å². The third-order valence-electron chi connectivity index (χ3n) is 4.82. The summed E-state index contributed by atoms with van der Waals surface area (Å²) < 4.78 is 0. The molecule has 2 heterocycles. The Morgan fingerprint density at radius 1 is 1.11 bits per heavy atom. The lowest BCUT2D eigenvalue weighted by Crippen LogP contribution is -2.40. The van der Waals surface area contributed by atoms with Crippen molar-refractivity contribution in [2.45, 2.75) is 50.6 Å². The van der Waals surface area contributed by atoms with Gasteiger partial charge in [-0.05, 0) is 19.3 Å². The number of nitrogens with zero attached hydrogens (tertiary/aromatic N) is 3. The first-order chi connectivity index (χ1) is 8.78. The van der Waals surface area contributed by atoms with E-state index in [4.69, 9.17) is 5.26 Å². The van der Waals surface area contributed by atoms with Gasteiger partial charge in [0.05, 0.1) is 12.0 Å². The number of rotatable bonds is 2. The number of hydrogen-bond acceptors (Lipinski definition) is 3. The van der Waals surface area contributed by atoms with E-state index in [1.54, 1.807) is 0 Å². The number of carbonyl (C=O) groups excluding carboxylic acids is 1. The Hall–Kier alpha value is -1.08. The standard InChI is InChI=1S/C14H21N3O/c15-8-11-7-14(18)17(9-11)13-5-6-16(10-13)12-3-1-2-4-12/h11-13H,1-7,9-10H2. The minimum atomic E-state index is -0.0713. The summed E-state index contributed by atoms with van der Waals surface area (Å²) in [6.07, 6.45) is 6.94. The first kappa shape index (κ1) is 12.0. The molecule has 0 radical (unpaired) electrons. The summed E-state index contributed by atoms with van der Waals surface area (Å²) in [6, 6.07) is 3.37. The van der Waals surface area contributed by atoms with Crippen LogP contribution in [-0.2, 0) is 4.79 Å². The molecule has 18 heavy (non-hydrogen) atoms. The molecule has 0 N–H and O–H groups in total. The smallest absolute Gasteiger partial charge is 0.224 e. The van der Waals surface area contributed by atoms with Crippen LogP contribution in [0.1, 0.15) is 38.5 Å². The molecule has 4 nitrogen and oxygen atoms in total. The molecule has 0 spiro atoms. The van der Waals surface area contributed by atoms with E-state index < -0.39 is 0 Å². The van der Waals surface area contributed by atoms with Crippen molar-refractivity contribution in [1.82, 2.24) is 9.80 Å².